The van der Waals surface area contributed by atoms with Gasteiger partial charge >= 0.3 is 5.97 Å². The Hall–Kier alpha value is -4.49. The minimum absolute atomic E-state index is 0.000296. The number of rotatable bonds is 6. The molecule has 0 aliphatic rings. The van der Waals surface area contributed by atoms with E-state index in [0.717, 1.165) is 21.9 Å². The van der Waals surface area contributed by atoms with Crippen LogP contribution in [0.15, 0.2) is 96.2 Å². The quantitative estimate of drug-likeness (QED) is 0.209. The summed E-state index contributed by atoms with van der Waals surface area (Å²) >= 11 is 5.85. The van der Waals surface area contributed by atoms with Gasteiger partial charge in [-0.25, -0.2) is 13.9 Å². The third-order valence-electron chi connectivity index (χ3n) is 5.46. The van der Waals surface area contributed by atoms with Gasteiger partial charge in [0.25, 0.3) is 0 Å². The van der Waals surface area contributed by atoms with Crippen molar-refractivity contribution < 1.29 is 14.3 Å². The zero-order chi connectivity index (χ0) is 24.4. The van der Waals surface area contributed by atoms with Crippen LogP contribution in [0.3, 0.4) is 0 Å². The van der Waals surface area contributed by atoms with Gasteiger partial charge in [-0.3, -0.25) is 5.43 Å². The number of nitrogens with one attached hydrogen (secondary N) is 1. The molecule has 172 valence electrons. The van der Waals surface area contributed by atoms with Crippen molar-refractivity contribution in [2.75, 3.05) is 5.43 Å². The van der Waals surface area contributed by atoms with Crippen LogP contribution < -0.4 is 5.43 Å². The average molecular weight is 485 g/mol. The molecule has 5 aromatic rings. The lowest BCUT2D eigenvalue weighted by atomic mass is 10.0. The van der Waals surface area contributed by atoms with Gasteiger partial charge in [0, 0.05) is 17.3 Å². The summed E-state index contributed by atoms with van der Waals surface area (Å²) in [6, 6.07) is 24.8. The van der Waals surface area contributed by atoms with Crippen LogP contribution in [0.25, 0.3) is 27.7 Å². The van der Waals surface area contributed by atoms with E-state index in [1.54, 1.807) is 23.0 Å². The SMILES string of the molecule is O=C(O)c1ccc(-n2cc(/C=N/Nc3ccc(F)c(Cl)c3)c(-c3ccc4ccccc4c3)n2)cc1. The molecule has 0 unspecified atom stereocenters. The van der Waals surface area contributed by atoms with Crippen molar-refractivity contribution >= 4 is 40.2 Å². The average Bonchev–Trinajstić information content (AvgIpc) is 3.30. The Morgan fingerprint density at radius 3 is 2.51 bits per heavy atom. The summed E-state index contributed by atoms with van der Waals surface area (Å²) in [4.78, 5) is 11.2. The molecule has 0 saturated carbocycles. The number of benzene rings is 4. The predicted molar refractivity (Wildman–Crippen MR) is 136 cm³/mol. The number of hydrogen-bond donors (Lipinski definition) is 2. The molecule has 0 saturated heterocycles. The van der Waals surface area contributed by atoms with Gasteiger partial charge in [-0.15, -0.1) is 0 Å². The second-order valence-corrected chi connectivity index (χ2v) is 8.20. The first-order valence-corrected chi connectivity index (χ1v) is 11.0. The van der Waals surface area contributed by atoms with Gasteiger partial charge in [0.05, 0.1) is 28.2 Å². The Labute approximate surface area is 204 Å². The van der Waals surface area contributed by atoms with Crippen molar-refractivity contribution in [3.8, 4) is 16.9 Å². The number of hydrogen-bond acceptors (Lipinski definition) is 4. The molecule has 35 heavy (non-hydrogen) atoms. The fraction of sp³-hybridized carbons (Fsp3) is 0. The molecule has 1 aromatic heterocycles. The molecule has 6 nitrogen and oxygen atoms in total. The van der Waals surface area contributed by atoms with Crippen LogP contribution in [0, 0.1) is 5.82 Å². The number of hydrazone groups is 1. The summed E-state index contributed by atoms with van der Waals surface area (Å²) in [5.74, 6) is -1.50. The molecule has 1 heterocycles. The molecule has 2 N–H and O–H groups in total. The van der Waals surface area contributed by atoms with Crippen LogP contribution in [-0.2, 0) is 0 Å². The molecule has 0 aliphatic heterocycles. The zero-order valence-corrected chi connectivity index (χ0v) is 18.9. The van der Waals surface area contributed by atoms with Gasteiger partial charge < -0.3 is 5.11 Å². The molecule has 0 aliphatic carbocycles. The van der Waals surface area contributed by atoms with E-state index < -0.39 is 11.8 Å². The van der Waals surface area contributed by atoms with Crippen LogP contribution in [0.1, 0.15) is 15.9 Å². The van der Waals surface area contributed by atoms with E-state index in [1.807, 2.05) is 42.6 Å². The third kappa shape index (κ3) is 4.76. The number of anilines is 1. The summed E-state index contributed by atoms with van der Waals surface area (Å²) in [5, 5.41) is 20.4. The Morgan fingerprint density at radius 1 is 1.00 bits per heavy atom. The van der Waals surface area contributed by atoms with Crippen molar-refractivity contribution in [2.24, 2.45) is 5.10 Å². The molecular weight excluding hydrogens is 467 g/mol. The molecule has 5 rings (SSSR count). The lowest BCUT2D eigenvalue weighted by molar-refractivity contribution is 0.0697. The maximum Gasteiger partial charge on any atom is 0.335 e. The summed E-state index contributed by atoms with van der Waals surface area (Å²) < 4.78 is 15.1. The van der Waals surface area contributed by atoms with E-state index >= 15 is 0 Å². The number of halogens is 2. The Balaban J connectivity index is 1.53. The van der Waals surface area contributed by atoms with E-state index in [0.29, 0.717) is 17.1 Å². The van der Waals surface area contributed by atoms with Crippen LogP contribution in [-0.4, -0.2) is 27.1 Å². The molecule has 0 bridgehead atoms. The van der Waals surface area contributed by atoms with Gasteiger partial charge in [-0.05, 0) is 59.3 Å². The van der Waals surface area contributed by atoms with E-state index in [9.17, 15) is 14.3 Å². The van der Waals surface area contributed by atoms with E-state index in [4.69, 9.17) is 16.7 Å². The Bertz CT molecular complexity index is 1580. The summed E-state index contributed by atoms with van der Waals surface area (Å²) in [6.07, 6.45) is 3.43. The minimum Gasteiger partial charge on any atom is -0.478 e. The molecular formula is C27H18ClFN4O2. The highest BCUT2D eigenvalue weighted by molar-refractivity contribution is 6.31. The second kappa shape index (κ2) is 9.40. The van der Waals surface area contributed by atoms with Gasteiger partial charge in [-0.1, -0.05) is 48.0 Å². The molecule has 4 aromatic carbocycles. The molecule has 0 spiro atoms. The lowest BCUT2D eigenvalue weighted by Gasteiger charge is -2.04. The van der Waals surface area contributed by atoms with Crippen LogP contribution in [0.4, 0.5) is 10.1 Å². The van der Waals surface area contributed by atoms with Gasteiger partial charge in [-0.2, -0.15) is 10.2 Å². The highest BCUT2D eigenvalue weighted by Crippen LogP contribution is 2.27. The van der Waals surface area contributed by atoms with Crippen molar-refractivity contribution in [3.05, 3.63) is 113 Å². The zero-order valence-electron chi connectivity index (χ0n) is 18.2. The fourth-order valence-electron chi connectivity index (χ4n) is 3.67. The summed E-state index contributed by atoms with van der Waals surface area (Å²) in [5.41, 5.74) is 6.61. The number of carboxylic acid groups (broad SMARTS) is 1. The first-order chi connectivity index (χ1) is 17.0. The van der Waals surface area contributed by atoms with E-state index in [2.05, 4.69) is 16.6 Å². The first kappa shape index (κ1) is 22.3. The number of carbonyl (C=O) groups is 1. The van der Waals surface area contributed by atoms with Crippen LogP contribution >= 0.6 is 11.6 Å². The van der Waals surface area contributed by atoms with Crippen LogP contribution in [0.5, 0.6) is 0 Å². The van der Waals surface area contributed by atoms with E-state index in [-0.39, 0.29) is 10.6 Å². The Kier molecular flexibility index (Phi) is 5.99. The number of nitrogens with zero attached hydrogens (tertiary/aromatic N) is 3. The third-order valence-corrected chi connectivity index (χ3v) is 5.75. The molecule has 0 radical (unpaired) electrons. The fourth-order valence-corrected chi connectivity index (χ4v) is 3.85. The van der Waals surface area contributed by atoms with Crippen molar-refractivity contribution in [1.29, 1.82) is 0 Å². The molecule has 0 atom stereocenters. The topological polar surface area (TPSA) is 79.5 Å². The maximum absolute atomic E-state index is 13.4. The molecule has 0 amide bonds. The summed E-state index contributed by atoms with van der Waals surface area (Å²) in [7, 11) is 0. The first-order valence-electron chi connectivity index (χ1n) is 10.6. The summed E-state index contributed by atoms with van der Waals surface area (Å²) in [6.45, 7) is 0. The van der Waals surface area contributed by atoms with Crippen molar-refractivity contribution in [3.63, 3.8) is 0 Å². The largest absolute Gasteiger partial charge is 0.478 e. The maximum atomic E-state index is 13.4. The van der Waals surface area contributed by atoms with Gasteiger partial charge in [0.1, 0.15) is 11.5 Å². The number of fused-ring (bicyclic) bond motifs is 1. The van der Waals surface area contributed by atoms with Crippen molar-refractivity contribution in [1.82, 2.24) is 9.78 Å². The number of carboxylic acids is 1. The van der Waals surface area contributed by atoms with E-state index in [1.165, 1.54) is 30.3 Å². The standard InChI is InChI=1S/C27H18ClFN4O2/c28-24-14-22(9-12-25(24)29)31-30-15-21-16-33(23-10-7-18(8-11-23)27(34)35)32-26(21)20-6-5-17-3-1-2-4-19(17)13-20/h1-16,31H,(H,34,35)/b30-15+. The smallest absolute Gasteiger partial charge is 0.335 e. The normalized spacial score (nSPS) is 11.3. The van der Waals surface area contributed by atoms with Crippen molar-refractivity contribution in [2.45, 2.75) is 0 Å². The molecule has 8 heteroatoms. The van der Waals surface area contributed by atoms with Gasteiger partial charge in [0.2, 0.25) is 0 Å². The predicted octanol–water partition coefficient (Wildman–Crippen LogP) is 6.63. The lowest BCUT2D eigenvalue weighted by Crippen LogP contribution is -1.99. The minimum atomic E-state index is -0.992. The highest BCUT2D eigenvalue weighted by Gasteiger charge is 2.13. The van der Waals surface area contributed by atoms with Gasteiger partial charge in [0.15, 0.2) is 0 Å². The number of aromatic nitrogens is 2. The molecule has 0 fully saturated rings. The monoisotopic (exact) mass is 484 g/mol. The second-order valence-electron chi connectivity index (χ2n) is 7.79. The van der Waals surface area contributed by atoms with Crippen LogP contribution in [0.2, 0.25) is 5.02 Å². The Morgan fingerprint density at radius 2 is 1.77 bits per heavy atom. The number of aromatic carboxylic acids is 1. The highest BCUT2D eigenvalue weighted by atomic mass is 35.5.